The normalized spacial score (nSPS) is 27.9. The van der Waals surface area contributed by atoms with E-state index in [2.05, 4.69) is 5.32 Å². The third-order valence-corrected chi connectivity index (χ3v) is 4.60. The molecule has 0 radical (unpaired) electrons. The standard InChI is InChI=1S/C11H18F3NO2S/c1-9(2)4-5-18-7-10(9,8(16)17-3)15-6-11(12,13)14/h15H,4-7H2,1-3H3. The van der Waals surface area contributed by atoms with Crippen molar-refractivity contribution in [2.24, 2.45) is 5.41 Å². The van der Waals surface area contributed by atoms with E-state index < -0.39 is 29.6 Å². The molecule has 3 nitrogen and oxygen atoms in total. The second-order valence-corrected chi connectivity index (χ2v) is 6.16. The molecule has 0 aromatic rings. The summed E-state index contributed by atoms with van der Waals surface area (Å²) in [5, 5.41) is 2.40. The van der Waals surface area contributed by atoms with Gasteiger partial charge in [-0.1, -0.05) is 13.8 Å². The minimum atomic E-state index is -4.35. The molecule has 1 N–H and O–H groups in total. The van der Waals surface area contributed by atoms with Crippen LogP contribution in [0.25, 0.3) is 0 Å². The smallest absolute Gasteiger partial charge is 0.401 e. The molecule has 1 fully saturated rings. The van der Waals surface area contributed by atoms with Crippen molar-refractivity contribution < 1.29 is 22.7 Å². The van der Waals surface area contributed by atoms with Gasteiger partial charge in [0.05, 0.1) is 13.7 Å². The first kappa shape index (κ1) is 15.6. The zero-order chi connectivity index (χ0) is 14.0. The summed E-state index contributed by atoms with van der Waals surface area (Å²) in [6.45, 7) is 2.41. The fraction of sp³-hybridized carbons (Fsp3) is 0.909. The van der Waals surface area contributed by atoms with Crippen molar-refractivity contribution in [1.82, 2.24) is 5.32 Å². The predicted molar refractivity (Wildman–Crippen MR) is 64.5 cm³/mol. The molecule has 1 saturated heterocycles. The number of thioether (sulfide) groups is 1. The zero-order valence-corrected chi connectivity index (χ0v) is 11.5. The average Bonchev–Trinajstić information content (AvgIpc) is 2.25. The van der Waals surface area contributed by atoms with Crippen molar-refractivity contribution in [2.75, 3.05) is 25.2 Å². The first-order chi connectivity index (χ1) is 8.15. The molecule has 1 aliphatic rings. The minimum Gasteiger partial charge on any atom is -0.468 e. The third kappa shape index (κ3) is 3.12. The van der Waals surface area contributed by atoms with Crippen LogP contribution in [-0.4, -0.2) is 42.8 Å². The van der Waals surface area contributed by atoms with Crippen molar-refractivity contribution in [3.63, 3.8) is 0 Å². The highest BCUT2D eigenvalue weighted by Crippen LogP contribution is 2.43. The molecule has 18 heavy (non-hydrogen) atoms. The van der Waals surface area contributed by atoms with Crippen LogP contribution in [0, 0.1) is 5.41 Å². The van der Waals surface area contributed by atoms with Gasteiger partial charge in [0.1, 0.15) is 5.54 Å². The summed E-state index contributed by atoms with van der Waals surface area (Å²) in [6, 6.07) is 0. The molecule has 0 aliphatic carbocycles. The third-order valence-electron chi connectivity index (χ3n) is 3.47. The number of rotatable bonds is 3. The summed E-state index contributed by atoms with van der Waals surface area (Å²) in [5.41, 5.74) is -1.85. The molecule has 1 unspecified atom stereocenters. The molecular formula is C11H18F3NO2S. The van der Waals surface area contributed by atoms with Crippen molar-refractivity contribution in [1.29, 1.82) is 0 Å². The van der Waals surface area contributed by atoms with Crippen LogP contribution in [0.15, 0.2) is 0 Å². The highest BCUT2D eigenvalue weighted by molar-refractivity contribution is 7.99. The molecule has 1 atom stereocenters. The highest BCUT2D eigenvalue weighted by atomic mass is 32.2. The minimum absolute atomic E-state index is 0.294. The van der Waals surface area contributed by atoms with Crippen LogP contribution < -0.4 is 5.32 Å². The summed E-state index contributed by atoms with van der Waals surface area (Å²) in [4.78, 5) is 12.0. The molecule has 0 aromatic carbocycles. The largest absolute Gasteiger partial charge is 0.468 e. The number of carbonyl (C=O) groups excluding carboxylic acids is 1. The number of nitrogens with one attached hydrogen (secondary N) is 1. The molecule has 1 heterocycles. The van der Waals surface area contributed by atoms with Gasteiger partial charge >= 0.3 is 12.1 Å². The van der Waals surface area contributed by atoms with E-state index in [9.17, 15) is 18.0 Å². The summed E-state index contributed by atoms with van der Waals surface area (Å²) in [7, 11) is 1.20. The SMILES string of the molecule is COC(=O)C1(NCC(F)(F)F)CSCCC1(C)C. The molecular weight excluding hydrogens is 267 g/mol. The molecule has 0 spiro atoms. The Balaban J connectivity index is 2.98. The van der Waals surface area contributed by atoms with Crippen molar-refractivity contribution in [3.8, 4) is 0 Å². The molecule has 0 amide bonds. The Morgan fingerprint density at radius 3 is 2.50 bits per heavy atom. The Labute approximate surface area is 109 Å². The lowest BCUT2D eigenvalue weighted by Crippen LogP contribution is -2.66. The molecule has 7 heteroatoms. The molecule has 1 aliphatic heterocycles. The zero-order valence-electron chi connectivity index (χ0n) is 10.7. The Morgan fingerprint density at radius 1 is 1.44 bits per heavy atom. The maximum Gasteiger partial charge on any atom is 0.401 e. The number of halogens is 3. The van der Waals surface area contributed by atoms with Gasteiger partial charge in [0.15, 0.2) is 0 Å². The Kier molecular flexibility index (Phi) is 4.59. The van der Waals surface area contributed by atoms with Crippen molar-refractivity contribution >= 4 is 17.7 Å². The van der Waals surface area contributed by atoms with Gasteiger partial charge in [-0.15, -0.1) is 0 Å². The summed E-state index contributed by atoms with van der Waals surface area (Å²) in [6.07, 6.45) is -3.68. The fourth-order valence-electron chi connectivity index (χ4n) is 2.08. The summed E-state index contributed by atoms with van der Waals surface area (Å²) < 4.78 is 41.8. The maximum absolute atomic E-state index is 12.4. The topological polar surface area (TPSA) is 38.3 Å². The van der Waals surface area contributed by atoms with Crippen LogP contribution in [0.5, 0.6) is 0 Å². The Hall–Kier alpha value is -0.430. The number of methoxy groups -OCH3 is 1. The van der Waals surface area contributed by atoms with Crippen LogP contribution in [0.1, 0.15) is 20.3 Å². The van der Waals surface area contributed by atoms with Gasteiger partial charge in [0.25, 0.3) is 0 Å². The predicted octanol–water partition coefficient (Wildman–Crippen LogP) is 2.21. The molecule has 0 bridgehead atoms. The van der Waals surface area contributed by atoms with Gasteiger partial charge in [-0.2, -0.15) is 24.9 Å². The maximum atomic E-state index is 12.4. The first-order valence-corrected chi connectivity index (χ1v) is 6.78. The van der Waals surface area contributed by atoms with E-state index in [0.29, 0.717) is 12.2 Å². The lowest BCUT2D eigenvalue weighted by atomic mass is 9.70. The average molecular weight is 285 g/mol. The summed E-state index contributed by atoms with van der Waals surface area (Å²) in [5.74, 6) is 0.506. The van der Waals surface area contributed by atoms with Gasteiger partial charge < -0.3 is 4.74 Å². The van der Waals surface area contributed by atoms with Gasteiger partial charge in [0.2, 0.25) is 0 Å². The van der Waals surface area contributed by atoms with E-state index in [1.807, 2.05) is 0 Å². The van der Waals surface area contributed by atoms with E-state index in [4.69, 9.17) is 4.74 Å². The van der Waals surface area contributed by atoms with E-state index >= 15 is 0 Å². The van der Waals surface area contributed by atoms with Crippen molar-refractivity contribution in [3.05, 3.63) is 0 Å². The summed E-state index contributed by atoms with van der Waals surface area (Å²) >= 11 is 1.47. The van der Waals surface area contributed by atoms with Gasteiger partial charge in [-0.05, 0) is 17.6 Å². The van der Waals surface area contributed by atoms with E-state index in [0.717, 1.165) is 5.75 Å². The van der Waals surface area contributed by atoms with Crippen LogP contribution >= 0.6 is 11.8 Å². The van der Waals surface area contributed by atoms with Crippen LogP contribution in [-0.2, 0) is 9.53 Å². The number of hydrogen-bond acceptors (Lipinski definition) is 4. The fourth-order valence-corrected chi connectivity index (χ4v) is 3.80. The first-order valence-electron chi connectivity index (χ1n) is 5.63. The molecule has 106 valence electrons. The van der Waals surface area contributed by atoms with E-state index in [1.165, 1.54) is 18.9 Å². The Bertz CT molecular complexity index is 320. The molecule has 0 aromatic heterocycles. The molecule has 1 rings (SSSR count). The number of esters is 1. The van der Waals surface area contributed by atoms with Crippen LogP contribution in [0.2, 0.25) is 0 Å². The lowest BCUT2D eigenvalue weighted by Gasteiger charge is -2.48. The second-order valence-electron chi connectivity index (χ2n) is 5.05. The van der Waals surface area contributed by atoms with Crippen LogP contribution in [0.4, 0.5) is 13.2 Å². The van der Waals surface area contributed by atoms with E-state index in [1.54, 1.807) is 13.8 Å². The number of hydrogen-bond donors (Lipinski definition) is 1. The highest BCUT2D eigenvalue weighted by Gasteiger charge is 2.54. The van der Waals surface area contributed by atoms with Gasteiger partial charge in [0, 0.05) is 5.75 Å². The molecule has 0 saturated carbocycles. The van der Waals surface area contributed by atoms with Crippen molar-refractivity contribution in [2.45, 2.75) is 32.0 Å². The van der Waals surface area contributed by atoms with E-state index in [-0.39, 0.29) is 0 Å². The lowest BCUT2D eigenvalue weighted by molar-refractivity contribution is -0.159. The second kappa shape index (κ2) is 5.28. The number of alkyl halides is 3. The van der Waals surface area contributed by atoms with Gasteiger partial charge in [-0.25, -0.2) is 0 Å². The monoisotopic (exact) mass is 285 g/mol. The number of ether oxygens (including phenoxy) is 1. The number of carbonyl (C=O) groups is 1. The quantitative estimate of drug-likeness (QED) is 0.807. The van der Waals surface area contributed by atoms with Gasteiger partial charge in [-0.3, -0.25) is 10.1 Å². The van der Waals surface area contributed by atoms with Crippen LogP contribution in [0.3, 0.4) is 0 Å². The Morgan fingerprint density at radius 2 is 2.06 bits per heavy atom.